The summed E-state index contributed by atoms with van der Waals surface area (Å²) in [5.74, 6) is 0.913. The first-order valence-electron chi connectivity index (χ1n) is 7.92. The van der Waals surface area contributed by atoms with E-state index in [1.165, 1.54) is 5.56 Å². The van der Waals surface area contributed by atoms with Crippen LogP contribution in [-0.2, 0) is 9.47 Å². The van der Waals surface area contributed by atoms with E-state index in [1.807, 2.05) is 26.0 Å². The lowest BCUT2D eigenvalue weighted by molar-refractivity contribution is -0.0530. The molecule has 1 N–H and O–H groups in total. The Bertz CT molecular complexity index is 399. The number of benzene rings is 1. The SMILES string of the molecule is CCCNC(CC1OCCO1)c1ccc(OC(C)C)cc1. The van der Waals surface area contributed by atoms with Crippen molar-refractivity contribution >= 4 is 0 Å². The van der Waals surface area contributed by atoms with Gasteiger partial charge in [0.25, 0.3) is 0 Å². The number of rotatable bonds is 8. The molecule has 1 unspecified atom stereocenters. The van der Waals surface area contributed by atoms with E-state index in [4.69, 9.17) is 14.2 Å². The van der Waals surface area contributed by atoms with E-state index in [2.05, 4.69) is 24.4 Å². The number of hydrogen-bond donors (Lipinski definition) is 1. The maximum atomic E-state index is 5.69. The number of nitrogens with one attached hydrogen (secondary N) is 1. The predicted octanol–water partition coefficient (Wildman–Crippen LogP) is 3.28. The molecule has 1 aromatic rings. The summed E-state index contributed by atoms with van der Waals surface area (Å²) in [6, 6.07) is 8.57. The maximum Gasteiger partial charge on any atom is 0.159 e. The molecule has 2 rings (SSSR count). The zero-order chi connectivity index (χ0) is 15.1. The van der Waals surface area contributed by atoms with Gasteiger partial charge < -0.3 is 19.5 Å². The summed E-state index contributed by atoms with van der Waals surface area (Å²) in [5, 5.41) is 3.57. The summed E-state index contributed by atoms with van der Waals surface area (Å²) >= 11 is 0. The van der Waals surface area contributed by atoms with Crippen molar-refractivity contribution in [3.05, 3.63) is 29.8 Å². The second kappa shape index (κ2) is 8.37. The third-order valence-corrected chi connectivity index (χ3v) is 3.41. The third kappa shape index (κ3) is 5.30. The van der Waals surface area contributed by atoms with Crippen molar-refractivity contribution in [3.63, 3.8) is 0 Å². The van der Waals surface area contributed by atoms with Crippen molar-refractivity contribution in [1.29, 1.82) is 0 Å². The van der Waals surface area contributed by atoms with E-state index < -0.39 is 0 Å². The molecule has 118 valence electrons. The van der Waals surface area contributed by atoms with E-state index >= 15 is 0 Å². The second-order valence-electron chi connectivity index (χ2n) is 5.65. The summed E-state index contributed by atoms with van der Waals surface area (Å²) in [7, 11) is 0. The fraction of sp³-hybridized carbons (Fsp3) is 0.647. The molecule has 1 aliphatic heterocycles. The molecule has 4 nitrogen and oxygen atoms in total. The van der Waals surface area contributed by atoms with E-state index in [0.717, 1.165) is 25.1 Å². The Kier molecular flexibility index (Phi) is 6.49. The van der Waals surface area contributed by atoms with Crippen molar-refractivity contribution in [1.82, 2.24) is 5.32 Å². The van der Waals surface area contributed by atoms with Gasteiger partial charge in [-0.2, -0.15) is 0 Å². The Morgan fingerprint density at radius 2 is 1.86 bits per heavy atom. The monoisotopic (exact) mass is 293 g/mol. The first kappa shape index (κ1) is 16.3. The fourth-order valence-electron chi connectivity index (χ4n) is 2.44. The molecule has 1 heterocycles. The molecule has 1 aromatic carbocycles. The molecule has 4 heteroatoms. The van der Waals surface area contributed by atoms with Crippen LogP contribution in [0.1, 0.15) is 45.2 Å². The van der Waals surface area contributed by atoms with Crippen LogP contribution in [0.2, 0.25) is 0 Å². The van der Waals surface area contributed by atoms with Crippen molar-refractivity contribution < 1.29 is 14.2 Å². The van der Waals surface area contributed by atoms with Crippen LogP contribution in [0.15, 0.2) is 24.3 Å². The minimum atomic E-state index is -0.0917. The average Bonchev–Trinajstić information content (AvgIpc) is 2.97. The van der Waals surface area contributed by atoms with Crippen molar-refractivity contribution in [2.75, 3.05) is 19.8 Å². The average molecular weight is 293 g/mol. The summed E-state index contributed by atoms with van der Waals surface area (Å²) in [5.41, 5.74) is 1.25. The molecule has 1 aliphatic rings. The lowest BCUT2D eigenvalue weighted by Gasteiger charge is -2.22. The molecule has 0 radical (unpaired) electrons. The Labute approximate surface area is 127 Å². The molecule has 0 aliphatic carbocycles. The first-order valence-corrected chi connectivity index (χ1v) is 7.92. The Morgan fingerprint density at radius 3 is 2.43 bits per heavy atom. The molecule has 0 bridgehead atoms. The van der Waals surface area contributed by atoms with Crippen LogP contribution in [0.4, 0.5) is 0 Å². The van der Waals surface area contributed by atoms with Crippen LogP contribution in [0.5, 0.6) is 5.75 Å². The van der Waals surface area contributed by atoms with E-state index in [-0.39, 0.29) is 18.4 Å². The molecule has 0 spiro atoms. The molecule has 1 atom stereocenters. The van der Waals surface area contributed by atoms with Crippen LogP contribution < -0.4 is 10.1 Å². The largest absolute Gasteiger partial charge is 0.491 e. The van der Waals surface area contributed by atoms with E-state index in [0.29, 0.717) is 13.2 Å². The smallest absolute Gasteiger partial charge is 0.159 e. The third-order valence-electron chi connectivity index (χ3n) is 3.41. The fourth-order valence-corrected chi connectivity index (χ4v) is 2.44. The van der Waals surface area contributed by atoms with Gasteiger partial charge in [0.1, 0.15) is 5.75 Å². The van der Waals surface area contributed by atoms with Gasteiger partial charge in [0.2, 0.25) is 0 Å². The highest BCUT2D eigenvalue weighted by Gasteiger charge is 2.22. The van der Waals surface area contributed by atoms with Gasteiger partial charge in [0.15, 0.2) is 6.29 Å². The van der Waals surface area contributed by atoms with Crippen molar-refractivity contribution in [2.45, 2.75) is 52.0 Å². The molecular weight excluding hydrogens is 266 g/mol. The summed E-state index contributed by atoms with van der Waals surface area (Å²) in [4.78, 5) is 0. The number of hydrogen-bond acceptors (Lipinski definition) is 4. The summed E-state index contributed by atoms with van der Waals surface area (Å²) in [6.45, 7) is 8.63. The first-order chi connectivity index (χ1) is 10.2. The quantitative estimate of drug-likeness (QED) is 0.798. The molecule has 0 aromatic heterocycles. The molecule has 1 fully saturated rings. The Morgan fingerprint density at radius 1 is 1.19 bits per heavy atom. The van der Waals surface area contributed by atoms with Crippen molar-refractivity contribution in [2.24, 2.45) is 0 Å². The van der Waals surface area contributed by atoms with E-state index in [9.17, 15) is 0 Å². The van der Waals surface area contributed by atoms with Gasteiger partial charge in [-0.3, -0.25) is 0 Å². The van der Waals surface area contributed by atoms with E-state index in [1.54, 1.807) is 0 Å². The van der Waals surface area contributed by atoms with Crippen LogP contribution >= 0.6 is 0 Å². The lowest BCUT2D eigenvalue weighted by Crippen LogP contribution is -2.26. The van der Waals surface area contributed by atoms with Gasteiger partial charge in [0.05, 0.1) is 19.3 Å². The zero-order valence-corrected chi connectivity index (χ0v) is 13.3. The van der Waals surface area contributed by atoms with Crippen LogP contribution in [0.25, 0.3) is 0 Å². The summed E-state index contributed by atoms with van der Waals surface area (Å²) < 4.78 is 16.8. The predicted molar refractivity (Wildman–Crippen MR) is 83.5 cm³/mol. The molecule has 21 heavy (non-hydrogen) atoms. The second-order valence-corrected chi connectivity index (χ2v) is 5.65. The van der Waals surface area contributed by atoms with Crippen LogP contribution in [-0.4, -0.2) is 32.2 Å². The number of ether oxygens (including phenoxy) is 3. The topological polar surface area (TPSA) is 39.7 Å². The molecule has 0 amide bonds. The minimum Gasteiger partial charge on any atom is -0.491 e. The van der Waals surface area contributed by atoms with Gasteiger partial charge in [-0.05, 0) is 44.5 Å². The highest BCUT2D eigenvalue weighted by Crippen LogP contribution is 2.24. The summed E-state index contributed by atoms with van der Waals surface area (Å²) in [6.07, 6.45) is 2.05. The lowest BCUT2D eigenvalue weighted by atomic mass is 10.0. The normalized spacial score (nSPS) is 17.3. The van der Waals surface area contributed by atoms with Gasteiger partial charge in [0, 0.05) is 12.5 Å². The highest BCUT2D eigenvalue weighted by molar-refractivity contribution is 5.29. The van der Waals surface area contributed by atoms with Crippen LogP contribution in [0.3, 0.4) is 0 Å². The minimum absolute atomic E-state index is 0.0917. The van der Waals surface area contributed by atoms with Gasteiger partial charge in [-0.25, -0.2) is 0 Å². The van der Waals surface area contributed by atoms with Gasteiger partial charge in [-0.1, -0.05) is 19.1 Å². The van der Waals surface area contributed by atoms with Crippen molar-refractivity contribution in [3.8, 4) is 5.75 Å². The molecule has 1 saturated heterocycles. The maximum absolute atomic E-state index is 5.69. The molecular formula is C17H27NO3. The standard InChI is InChI=1S/C17H27NO3/c1-4-9-18-16(12-17-19-10-11-20-17)14-5-7-15(8-6-14)21-13(2)3/h5-8,13,16-18H,4,9-12H2,1-3H3. The van der Waals surface area contributed by atoms with Crippen LogP contribution in [0, 0.1) is 0 Å². The highest BCUT2D eigenvalue weighted by atomic mass is 16.7. The van der Waals surface area contributed by atoms with Gasteiger partial charge in [-0.15, -0.1) is 0 Å². The molecule has 0 saturated carbocycles. The van der Waals surface area contributed by atoms with Gasteiger partial charge >= 0.3 is 0 Å². The Hall–Kier alpha value is -1.10. The zero-order valence-electron chi connectivity index (χ0n) is 13.3. The Balaban J connectivity index is 2.00.